The summed E-state index contributed by atoms with van der Waals surface area (Å²) in [6.45, 7) is -1.92. The average molecular weight is 631 g/mol. The molecule has 1 saturated heterocycles. The van der Waals surface area contributed by atoms with Crippen molar-refractivity contribution in [3.05, 3.63) is 59.2 Å². The molecule has 242 valence electrons. The molecule has 1 aliphatic carbocycles. The number of carboxylic acids is 1. The Hall–Kier alpha value is -4.31. The second kappa shape index (κ2) is 13.8. The first-order chi connectivity index (χ1) is 21.3. The molecule has 0 bridgehead atoms. The summed E-state index contributed by atoms with van der Waals surface area (Å²) < 4.78 is 11.5. The number of fused-ring (bicyclic) bond motifs is 1. The Balaban J connectivity index is 1.55. The molecule has 1 saturated carbocycles. The largest absolute Gasteiger partial charge is 0.504 e. The predicted octanol–water partition coefficient (Wildman–Crippen LogP) is 0.214. The standard InChI is InChI=1S/C31H34O14/c32-12-17-10-25(39)24(38)9-16(17)3-6-22(36)28-18(13-33)8-20-29(45-28)27(41)26(40)11-31(20,30(42)43)44-14-19(34)4-1-15-2-5-21(35)23(37)7-15/h1-7,9-10,18,20,26-29,32-33,35,37-41H,8,11-14H2,(H,42,43)/t18-,20+,26+,27+,28-,29-,31+/m0/s1. The SMILES string of the molecule is O=C(C=Cc1ccc(O)c(O)c1)CO[C@]1(C(=O)O)C[C@@H](O)[C@@H](O)[C@H]2O[C@H](C(=O)C=Cc3cc(O)c(O)cc3CO)[C@H](CO)C[C@H]21. The number of rotatable bonds is 11. The van der Waals surface area contributed by atoms with Crippen molar-refractivity contribution in [2.45, 2.75) is 49.5 Å². The van der Waals surface area contributed by atoms with E-state index in [1.807, 2.05) is 0 Å². The van der Waals surface area contributed by atoms with Crippen LogP contribution in [0.15, 0.2) is 42.5 Å². The smallest absolute Gasteiger partial charge is 0.336 e. The van der Waals surface area contributed by atoms with E-state index in [4.69, 9.17) is 9.47 Å². The van der Waals surface area contributed by atoms with Crippen LogP contribution in [0.2, 0.25) is 0 Å². The van der Waals surface area contributed by atoms with Gasteiger partial charge in [-0.05, 0) is 59.5 Å². The third kappa shape index (κ3) is 7.01. The molecule has 14 nitrogen and oxygen atoms in total. The Morgan fingerprint density at radius 3 is 2.27 bits per heavy atom. The lowest BCUT2D eigenvalue weighted by molar-refractivity contribution is -0.260. The normalized spacial score (nSPS) is 28.3. The molecule has 14 heteroatoms. The van der Waals surface area contributed by atoms with Gasteiger partial charge in [0.15, 0.2) is 40.2 Å². The van der Waals surface area contributed by atoms with Gasteiger partial charge in [-0.1, -0.05) is 18.2 Å². The Morgan fingerprint density at radius 1 is 0.933 bits per heavy atom. The summed E-state index contributed by atoms with van der Waals surface area (Å²) in [5.74, 6) is -6.90. The molecule has 4 rings (SSSR count). The second-order valence-electron chi connectivity index (χ2n) is 11.0. The first-order valence-corrected chi connectivity index (χ1v) is 13.9. The van der Waals surface area contributed by atoms with Gasteiger partial charge in [-0.25, -0.2) is 4.79 Å². The number of phenolic OH excluding ortho intramolecular Hbond substituents is 4. The minimum absolute atomic E-state index is 0.192. The lowest BCUT2D eigenvalue weighted by atomic mass is 9.65. The maximum absolute atomic E-state index is 13.2. The van der Waals surface area contributed by atoms with Crippen LogP contribution in [0.1, 0.15) is 29.5 Å². The van der Waals surface area contributed by atoms with Gasteiger partial charge in [-0.2, -0.15) is 0 Å². The van der Waals surface area contributed by atoms with Crippen LogP contribution in [0.4, 0.5) is 0 Å². The van der Waals surface area contributed by atoms with E-state index in [0.717, 1.165) is 24.3 Å². The molecule has 9 N–H and O–H groups in total. The van der Waals surface area contributed by atoms with E-state index in [-0.39, 0.29) is 23.3 Å². The van der Waals surface area contributed by atoms with Crippen LogP contribution in [0, 0.1) is 11.8 Å². The average Bonchev–Trinajstić information content (AvgIpc) is 3.02. The van der Waals surface area contributed by atoms with Gasteiger partial charge in [0, 0.05) is 24.9 Å². The number of hydrogen-bond acceptors (Lipinski definition) is 13. The van der Waals surface area contributed by atoms with Crippen LogP contribution < -0.4 is 0 Å². The van der Waals surface area contributed by atoms with Crippen molar-refractivity contribution in [3.63, 3.8) is 0 Å². The van der Waals surface area contributed by atoms with Crippen LogP contribution in [-0.4, -0.2) is 107 Å². The highest BCUT2D eigenvalue weighted by atomic mass is 16.5. The van der Waals surface area contributed by atoms with Crippen molar-refractivity contribution in [3.8, 4) is 23.0 Å². The summed E-state index contributed by atoms with van der Waals surface area (Å²) in [5, 5.41) is 90.0. The molecule has 7 atom stereocenters. The van der Waals surface area contributed by atoms with E-state index in [1.165, 1.54) is 30.4 Å². The third-order valence-electron chi connectivity index (χ3n) is 8.17. The van der Waals surface area contributed by atoms with Crippen molar-refractivity contribution >= 4 is 29.7 Å². The quantitative estimate of drug-likeness (QED) is 0.119. The molecule has 0 radical (unpaired) electrons. The zero-order valence-corrected chi connectivity index (χ0v) is 23.8. The topological polar surface area (TPSA) is 252 Å². The van der Waals surface area contributed by atoms with E-state index >= 15 is 0 Å². The van der Waals surface area contributed by atoms with E-state index in [9.17, 15) is 60.3 Å². The van der Waals surface area contributed by atoms with Crippen molar-refractivity contribution in [2.75, 3.05) is 13.2 Å². The van der Waals surface area contributed by atoms with Gasteiger partial charge in [-0.3, -0.25) is 9.59 Å². The van der Waals surface area contributed by atoms with Crippen molar-refractivity contribution in [1.82, 2.24) is 0 Å². The Morgan fingerprint density at radius 2 is 1.62 bits per heavy atom. The zero-order chi connectivity index (χ0) is 33.1. The number of phenols is 4. The number of aliphatic hydroxyl groups is 4. The molecule has 2 aromatic carbocycles. The lowest BCUT2D eigenvalue weighted by Gasteiger charge is -2.53. The highest BCUT2D eigenvalue weighted by Gasteiger charge is 2.62. The summed E-state index contributed by atoms with van der Waals surface area (Å²) in [5.41, 5.74) is -1.50. The molecule has 45 heavy (non-hydrogen) atoms. The van der Waals surface area contributed by atoms with Gasteiger partial charge in [0.25, 0.3) is 0 Å². The van der Waals surface area contributed by atoms with E-state index < -0.39 is 103 Å². The first kappa shape index (κ1) is 33.6. The van der Waals surface area contributed by atoms with Gasteiger partial charge < -0.3 is 55.4 Å². The van der Waals surface area contributed by atoms with E-state index in [2.05, 4.69) is 0 Å². The van der Waals surface area contributed by atoms with Crippen LogP contribution in [-0.2, 0) is 30.5 Å². The van der Waals surface area contributed by atoms with Crippen LogP contribution in [0.25, 0.3) is 12.2 Å². The highest BCUT2D eigenvalue weighted by molar-refractivity contribution is 5.97. The minimum atomic E-state index is -2.25. The Bertz CT molecular complexity index is 1500. The fraction of sp³-hybridized carbons (Fsp3) is 0.387. The number of carbonyl (C=O) groups is 3. The van der Waals surface area contributed by atoms with Crippen LogP contribution >= 0.6 is 0 Å². The molecule has 2 aromatic rings. The zero-order valence-electron chi connectivity index (χ0n) is 23.8. The van der Waals surface area contributed by atoms with Gasteiger partial charge >= 0.3 is 5.97 Å². The molecule has 2 fully saturated rings. The number of ketones is 2. The highest BCUT2D eigenvalue weighted by Crippen LogP contribution is 2.47. The maximum Gasteiger partial charge on any atom is 0.336 e. The molecular weight excluding hydrogens is 596 g/mol. The number of aromatic hydroxyl groups is 4. The summed E-state index contributed by atoms with van der Waals surface area (Å²) in [4.78, 5) is 38.5. The molecule has 0 amide bonds. The molecule has 1 heterocycles. The van der Waals surface area contributed by atoms with Crippen molar-refractivity contribution in [2.24, 2.45) is 11.8 Å². The number of carbonyl (C=O) groups excluding carboxylic acids is 2. The van der Waals surface area contributed by atoms with E-state index in [1.54, 1.807) is 0 Å². The van der Waals surface area contributed by atoms with Crippen LogP contribution in [0.3, 0.4) is 0 Å². The molecule has 1 aliphatic heterocycles. The lowest BCUT2D eigenvalue weighted by Crippen LogP contribution is -2.68. The molecule has 0 spiro atoms. The van der Waals surface area contributed by atoms with Gasteiger partial charge in [0.2, 0.25) is 0 Å². The summed E-state index contributed by atoms with van der Waals surface area (Å²) in [6, 6.07) is 6.06. The summed E-state index contributed by atoms with van der Waals surface area (Å²) >= 11 is 0. The Kier molecular flexibility index (Phi) is 10.3. The fourth-order valence-electron chi connectivity index (χ4n) is 5.75. The maximum atomic E-state index is 13.2. The van der Waals surface area contributed by atoms with E-state index in [0.29, 0.717) is 5.56 Å². The van der Waals surface area contributed by atoms with Crippen molar-refractivity contribution < 1.29 is 69.8 Å². The minimum Gasteiger partial charge on any atom is -0.504 e. The second-order valence-corrected chi connectivity index (χ2v) is 11.0. The number of ether oxygens (including phenoxy) is 2. The first-order valence-electron chi connectivity index (χ1n) is 13.9. The van der Waals surface area contributed by atoms with Gasteiger partial charge in [0.1, 0.15) is 18.8 Å². The van der Waals surface area contributed by atoms with Gasteiger partial charge in [-0.15, -0.1) is 0 Å². The monoisotopic (exact) mass is 630 g/mol. The summed E-state index contributed by atoms with van der Waals surface area (Å²) in [6.07, 6.45) is -2.34. The molecule has 0 aromatic heterocycles. The third-order valence-corrected chi connectivity index (χ3v) is 8.17. The molecule has 2 aliphatic rings. The number of carboxylic acid groups (broad SMARTS) is 1. The number of benzene rings is 2. The van der Waals surface area contributed by atoms with Crippen LogP contribution in [0.5, 0.6) is 23.0 Å². The number of hydrogen-bond donors (Lipinski definition) is 9. The van der Waals surface area contributed by atoms with Gasteiger partial charge in [0.05, 0.1) is 18.8 Å². The fourth-order valence-corrected chi connectivity index (χ4v) is 5.75. The molecular formula is C31H34O14. The number of aliphatic hydroxyl groups excluding tert-OH is 4. The predicted molar refractivity (Wildman–Crippen MR) is 154 cm³/mol. The summed E-state index contributed by atoms with van der Waals surface area (Å²) in [7, 11) is 0. The Labute approximate surface area is 256 Å². The van der Waals surface area contributed by atoms with Crippen molar-refractivity contribution in [1.29, 1.82) is 0 Å². The number of aliphatic carboxylic acids is 1. The molecule has 0 unspecified atom stereocenters.